The van der Waals surface area contributed by atoms with Crippen LogP contribution in [0.1, 0.15) is 58.3 Å². The van der Waals surface area contributed by atoms with Crippen LogP contribution < -0.4 is 16.0 Å². The van der Waals surface area contributed by atoms with Crippen molar-refractivity contribution in [1.82, 2.24) is 10.3 Å². The summed E-state index contributed by atoms with van der Waals surface area (Å²) in [5, 5.41) is 10.3. The third kappa shape index (κ3) is 6.03. The van der Waals surface area contributed by atoms with Crippen molar-refractivity contribution in [3.05, 3.63) is 76.6 Å². The van der Waals surface area contributed by atoms with Crippen LogP contribution in [0.4, 0.5) is 11.4 Å². The van der Waals surface area contributed by atoms with Gasteiger partial charge in [0.05, 0.1) is 11.3 Å². The van der Waals surface area contributed by atoms with Gasteiger partial charge >= 0.3 is 0 Å². The van der Waals surface area contributed by atoms with Crippen LogP contribution in [0.25, 0.3) is 11.1 Å². The van der Waals surface area contributed by atoms with Crippen molar-refractivity contribution in [3.8, 4) is 11.1 Å². The van der Waals surface area contributed by atoms with E-state index in [1.165, 1.54) is 30.4 Å². The van der Waals surface area contributed by atoms with Gasteiger partial charge in [0.2, 0.25) is 0 Å². The highest BCUT2D eigenvalue weighted by molar-refractivity contribution is 6.10. The second kappa shape index (κ2) is 10.8. The van der Waals surface area contributed by atoms with Crippen molar-refractivity contribution < 1.29 is 4.79 Å². The molecule has 1 aliphatic rings. The van der Waals surface area contributed by atoms with Gasteiger partial charge in [-0.05, 0) is 82.3 Å². The molecule has 1 aromatic heterocycles. The maximum absolute atomic E-state index is 13.4. The number of rotatable bonds is 7. The van der Waals surface area contributed by atoms with Crippen LogP contribution in [0.3, 0.4) is 0 Å². The van der Waals surface area contributed by atoms with Gasteiger partial charge in [0, 0.05) is 36.2 Å². The number of aryl methyl sites for hydroxylation is 4. The Morgan fingerprint density at radius 1 is 0.941 bits per heavy atom. The zero-order valence-electron chi connectivity index (χ0n) is 20.8. The summed E-state index contributed by atoms with van der Waals surface area (Å²) in [6, 6.07) is 13.1. The Morgan fingerprint density at radius 2 is 1.62 bits per heavy atom. The molecule has 1 unspecified atom stereocenters. The molecular weight excluding hydrogens is 420 g/mol. The molecule has 3 N–H and O–H groups in total. The van der Waals surface area contributed by atoms with Gasteiger partial charge in [-0.25, -0.2) is 0 Å². The normalized spacial score (nSPS) is 15.7. The number of nitrogens with zero attached hydrogens (tertiary/aromatic N) is 1. The Hall–Kier alpha value is -3.18. The summed E-state index contributed by atoms with van der Waals surface area (Å²) in [6.07, 6.45) is 8.31. The summed E-state index contributed by atoms with van der Waals surface area (Å²) in [4.78, 5) is 17.9. The van der Waals surface area contributed by atoms with E-state index in [2.05, 4.69) is 59.0 Å². The fraction of sp³-hybridized carbons (Fsp3) is 0.379. The standard InChI is InChI=1S/C29H36N4O/c1-19-11-20(2)14-23(13-19)26-17-30-18-27(28(26)32-10-8-24-7-5-6-9-31-24)29(34)33-25-15-21(3)12-22(4)16-25/h11-18,24,31H,5-10H2,1-4H3,(H,30,32)(H,33,34). The molecule has 1 amide bonds. The number of hydrogen-bond acceptors (Lipinski definition) is 4. The zero-order chi connectivity index (χ0) is 24.1. The van der Waals surface area contributed by atoms with Crippen LogP contribution in [0.2, 0.25) is 0 Å². The SMILES string of the molecule is Cc1cc(C)cc(NC(=O)c2cncc(-c3cc(C)cc(C)c3)c2NCCC2CCCCN2)c1. The highest BCUT2D eigenvalue weighted by atomic mass is 16.1. The summed E-state index contributed by atoms with van der Waals surface area (Å²) in [7, 11) is 0. The number of hydrogen-bond donors (Lipinski definition) is 3. The Bertz CT molecular complexity index is 1120. The lowest BCUT2D eigenvalue weighted by Crippen LogP contribution is -2.35. The molecule has 34 heavy (non-hydrogen) atoms. The topological polar surface area (TPSA) is 66.0 Å². The molecule has 4 rings (SSSR count). The van der Waals surface area contributed by atoms with Crippen molar-refractivity contribution in [2.24, 2.45) is 0 Å². The zero-order valence-corrected chi connectivity index (χ0v) is 20.8. The maximum atomic E-state index is 13.4. The minimum Gasteiger partial charge on any atom is -0.384 e. The second-order valence-corrected chi connectivity index (χ2v) is 9.68. The Kier molecular flexibility index (Phi) is 7.63. The second-order valence-electron chi connectivity index (χ2n) is 9.68. The predicted octanol–water partition coefficient (Wildman–Crippen LogP) is 6.18. The molecule has 2 aromatic carbocycles. The minimum absolute atomic E-state index is 0.151. The van der Waals surface area contributed by atoms with Gasteiger partial charge < -0.3 is 16.0 Å². The first-order chi connectivity index (χ1) is 16.4. The lowest BCUT2D eigenvalue weighted by molar-refractivity contribution is 0.102. The van der Waals surface area contributed by atoms with E-state index < -0.39 is 0 Å². The molecule has 5 heteroatoms. The molecule has 3 aromatic rings. The van der Waals surface area contributed by atoms with Crippen molar-refractivity contribution in [2.45, 2.75) is 59.4 Å². The van der Waals surface area contributed by atoms with Gasteiger partial charge in [-0.15, -0.1) is 0 Å². The van der Waals surface area contributed by atoms with E-state index in [9.17, 15) is 4.79 Å². The number of carbonyl (C=O) groups excluding carboxylic acids is 1. The molecule has 5 nitrogen and oxygen atoms in total. The smallest absolute Gasteiger partial charge is 0.259 e. The lowest BCUT2D eigenvalue weighted by atomic mass is 9.98. The average Bonchev–Trinajstić information content (AvgIpc) is 2.78. The first-order valence-corrected chi connectivity index (χ1v) is 12.3. The van der Waals surface area contributed by atoms with Crippen LogP contribution in [0.15, 0.2) is 48.8 Å². The summed E-state index contributed by atoms with van der Waals surface area (Å²) in [5.41, 5.74) is 8.86. The van der Waals surface area contributed by atoms with Crippen molar-refractivity contribution >= 4 is 17.3 Å². The highest BCUT2D eigenvalue weighted by Gasteiger charge is 2.19. The molecule has 1 fully saturated rings. The minimum atomic E-state index is -0.151. The van der Waals surface area contributed by atoms with Crippen LogP contribution in [0, 0.1) is 27.7 Å². The van der Waals surface area contributed by atoms with Gasteiger partial charge in [0.1, 0.15) is 0 Å². The van der Waals surface area contributed by atoms with Crippen LogP contribution >= 0.6 is 0 Å². The van der Waals surface area contributed by atoms with Gasteiger partial charge in [0.25, 0.3) is 5.91 Å². The first-order valence-electron chi connectivity index (χ1n) is 12.3. The fourth-order valence-electron chi connectivity index (χ4n) is 4.96. The molecule has 1 saturated heterocycles. The third-order valence-electron chi connectivity index (χ3n) is 6.41. The monoisotopic (exact) mass is 456 g/mol. The van der Waals surface area contributed by atoms with E-state index in [1.807, 2.05) is 32.2 Å². The van der Waals surface area contributed by atoms with Gasteiger partial charge in [-0.3, -0.25) is 9.78 Å². The summed E-state index contributed by atoms with van der Waals surface area (Å²) in [6.45, 7) is 10.2. The van der Waals surface area contributed by atoms with E-state index in [1.54, 1.807) is 6.20 Å². The predicted molar refractivity (Wildman–Crippen MR) is 142 cm³/mol. The molecule has 1 aliphatic heterocycles. The Balaban J connectivity index is 1.65. The van der Waals surface area contributed by atoms with Gasteiger partial charge in [0.15, 0.2) is 0 Å². The largest absolute Gasteiger partial charge is 0.384 e. The highest BCUT2D eigenvalue weighted by Crippen LogP contribution is 2.32. The van der Waals surface area contributed by atoms with Crippen molar-refractivity contribution in [2.75, 3.05) is 23.7 Å². The molecule has 0 bridgehead atoms. The summed E-state index contributed by atoms with van der Waals surface area (Å²) >= 11 is 0. The van der Waals surface area contributed by atoms with Crippen LogP contribution in [0.5, 0.6) is 0 Å². The summed E-state index contributed by atoms with van der Waals surface area (Å²) < 4.78 is 0. The van der Waals surface area contributed by atoms with E-state index in [0.717, 1.165) is 53.1 Å². The van der Waals surface area contributed by atoms with Crippen LogP contribution in [-0.4, -0.2) is 30.0 Å². The van der Waals surface area contributed by atoms with E-state index in [0.29, 0.717) is 11.6 Å². The quantitative estimate of drug-likeness (QED) is 0.397. The molecule has 0 radical (unpaired) electrons. The fourth-order valence-corrected chi connectivity index (χ4v) is 4.96. The molecule has 0 aliphatic carbocycles. The Labute approximate surface area is 203 Å². The molecular formula is C29H36N4O. The maximum Gasteiger partial charge on any atom is 0.259 e. The lowest BCUT2D eigenvalue weighted by Gasteiger charge is -2.24. The average molecular weight is 457 g/mol. The van der Waals surface area contributed by atoms with Gasteiger partial charge in [-0.1, -0.05) is 41.8 Å². The van der Waals surface area contributed by atoms with Gasteiger partial charge in [-0.2, -0.15) is 0 Å². The number of carbonyl (C=O) groups is 1. The third-order valence-corrected chi connectivity index (χ3v) is 6.41. The number of pyridine rings is 1. The summed E-state index contributed by atoms with van der Waals surface area (Å²) in [5.74, 6) is -0.151. The number of nitrogens with one attached hydrogen (secondary N) is 3. The van der Waals surface area contributed by atoms with E-state index in [4.69, 9.17) is 0 Å². The number of piperidine rings is 1. The molecule has 0 spiro atoms. The molecule has 0 saturated carbocycles. The van der Waals surface area contributed by atoms with E-state index >= 15 is 0 Å². The number of aromatic nitrogens is 1. The number of benzene rings is 2. The van der Waals surface area contributed by atoms with E-state index in [-0.39, 0.29) is 5.91 Å². The number of amides is 1. The van der Waals surface area contributed by atoms with Crippen molar-refractivity contribution in [3.63, 3.8) is 0 Å². The molecule has 2 heterocycles. The number of anilines is 2. The van der Waals surface area contributed by atoms with Crippen LogP contribution in [-0.2, 0) is 0 Å². The molecule has 1 atom stereocenters. The first kappa shape index (κ1) is 24.0. The van der Waals surface area contributed by atoms with Crippen molar-refractivity contribution in [1.29, 1.82) is 0 Å². The molecule has 178 valence electrons. The Morgan fingerprint density at radius 3 is 2.26 bits per heavy atom.